The van der Waals surface area contributed by atoms with Crippen molar-refractivity contribution in [2.24, 2.45) is 0 Å². The van der Waals surface area contributed by atoms with Crippen LogP contribution in [0.5, 0.6) is 5.75 Å². The van der Waals surface area contributed by atoms with Gasteiger partial charge in [-0.3, -0.25) is 14.4 Å². The van der Waals surface area contributed by atoms with Crippen LogP contribution in [0, 0.1) is 5.82 Å². The van der Waals surface area contributed by atoms with Crippen LogP contribution in [0.2, 0.25) is 0 Å². The Labute approximate surface area is 175 Å². The molecule has 2 aromatic rings. The van der Waals surface area contributed by atoms with E-state index in [1.807, 2.05) is 6.92 Å². The number of methoxy groups -OCH3 is 1. The SMILES string of the molecule is CCCC(=O)N(CC(=O)NCC(=O)Nc1ccc(OC)cc1)Cc1ccc(F)cc1. The highest BCUT2D eigenvalue weighted by Gasteiger charge is 2.17. The zero-order valence-corrected chi connectivity index (χ0v) is 17.1. The van der Waals surface area contributed by atoms with E-state index in [-0.39, 0.29) is 31.4 Å². The van der Waals surface area contributed by atoms with E-state index in [0.29, 0.717) is 29.8 Å². The van der Waals surface area contributed by atoms with E-state index in [1.54, 1.807) is 43.5 Å². The Balaban J connectivity index is 1.88. The number of hydrogen-bond donors (Lipinski definition) is 2. The van der Waals surface area contributed by atoms with Gasteiger partial charge in [0.15, 0.2) is 0 Å². The Morgan fingerprint density at radius 3 is 2.27 bits per heavy atom. The molecule has 0 fully saturated rings. The molecule has 0 aliphatic carbocycles. The minimum Gasteiger partial charge on any atom is -0.497 e. The molecule has 2 rings (SSSR count). The molecule has 2 N–H and O–H groups in total. The predicted molar refractivity (Wildman–Crippen MR) is 111 cm³/mol. The maximum absolute atomic E-state index is 13.1. The molecule has 8 heteroatoms. The number of anilines is 1. The van der Waals surface area contributed by atoms with Crippen molar-refractivity contribution in [1.29, 1.82) is 0 Å². The second kappa shape index (κ2) is 11.5. The molecular formula is C22H26FN3O4. The number of amides is 3. The van der Waals surface area contributed by atoms with Gasteiger partial charge in [-0.25, -0.2) is 4.39 Å². The number of benzene rings is 2. The van der Waals surface area contributed by atoms with E-state index in [0.717, 1.165) is 0 Å². The van der Waals surface area contributed by atoms with Crippen LogP contribution in [0.3, 0.4) is 0 Å². The normalized spacial score (nSPS) is 10.2. The largest absolute Gasteiger partial charge is 0.497 e. The smallest absolute Gasteiger partial charge is 0.243 e. The van der Waals surface area contributed by atoms with E-state index in [4.69, 9.17) is 4.74 Å². The topological polar surface area (TPSA) is 87.7 Å². The fraction of sp³-hybridized carbons (Fsp3) is 0.318. The number of carbonyl (C=O) groups is 3. The lowest BCUT2D eigenvalue weighted by atomic mass is 10.2. The highest BCUT2D eigenvalue weighted by Crippen LogP contribution is 2.14. The molecule has 0 atom stereocenters. The van der Waals surface area contributed by atoms with E-state index >= 15 is 0 Å². The number of nitrogens with one attached hydrogen (secondary N) is 2. The van der Waals surface area contributed by atoms with Crippen LogP contribution < -0.4 is 15.4 Å². The second-order valence-electron chi connectivity index (χ2n) is 6.68. The van der Waals surface area contributed by atoms with Crippen LogP contribution in [0.1, 0.15) is 25.3 Å². The summed E-state index contributed by atoms with van der Waals surface area (Å²) >= 11 is 0. The van der Waals surface area contributed by atoms with Crippen molar-refractivity contribution < 1.29 is 23.5 Å². The summed E-state index contributed by atoms with van der Waals surface area (Å²) in [7, 11) is 1.55. The van der Waals surface area contributed by atoms with Crippen LogP contribution in [-0.4, -0.2) is 42.8 Å². The third kappa shape index (κ3) is 7.54. The Morgan fingerprint density at radius 2 is 1.67 bits per heavy atom. The first-order valence-electron chi connectivity index (χ1n) is 9.64. The van der Waals surface area contributed by atoms with E-state index < -0.39 is 11.8 Å². The van der Waals surface area contributed by atoms with Gasteiger partial charge in [0.1, 0.15) is 11.6 Å². The number of nitrogens with zero attached hydrogens (tertiary/aromatic N) is 1. The van der Waals surface area contributed by atoms with Crippen molar-refractivity contribution in [2.75, 3.05) is 25.5 Å². The van der Waals surface area contributed by atoms with Gasteiger partial charge < -0.3 is 20.3 Å². The van der Waals surface area contributed by atoms with Gasteiger partial charge in [-0.05, 0) is 48.4 Å². The predicted octanol–water partition coefficient (Wildman–Crippen LogP) is 2.72. The molecule has 0 saturated carbocycles. The van der Waals surface area contributed by atoms with Crippen LogP contribution in [0.25, 0.3) is 0 Å². The van der Waals surface area contributed by atoms with Crippen LogP contribution >= 0.6 is 0 Å². The summed E-state index contributed by atoms with van der Waals surface area (Å²) in [4.78, 5) is 38.1. The number of halogens is 1. The van der Waals surface area contributed by atoms with Crippen molar-refractivity contribution in [2.45, 2.75) is 26.3 Å². The summed E-state index contributed by atoms with van der Waals surface area (Å²) < 4.78 is 18.1. The summed E-state index contributed by atoms with van der Waals surface area (Å²) in [5.41, 5.74) is 1.29. The highest BCUT2D eigenvalue weighted by molar-refractivity contribution is 5.95. The minimum atomic E-state index is -0.452. The van der Waals surface area contributed by atoms with Crippen molar-refractivity contribution in [1.82, 2.24) is 10.2 Å². The third-order valence-electron chi connectivity index (χ3n) is 4.26. The number of ether oxygens (including phenoxy) is 1. The van der Waals surface area contributed by atoms with Gasteiger partial charge in [-0.1, -0.05) is 19.1 Å². The van der Waals surface area contributed by atoms with Gasteiger partial charge in [-0.2, -0.15) is 0 Å². The summed E-state index contributed by atoms with van der Waals surface area (Å²) in [6.45, 7) is 1.64. The minimum absolute atomic E-state index is 0.181. The summed E-state index contributed by atoms with van der Waals surface area (Å²) in [5.74, 6) is -0.727. The molecule has 3 amide bonds. The molecule has 30 heavy (non-hydrogen) atoms. The van der Waals surface area contributed by atoms with Crippen molar-refractivity contribution >= 4 is 23.4 Å². The average molecular weight is 415 g/mol. The summed E-state index contributed by atoms with van der Waals surface area (Å²) in [5, 5.41) is 5.18. The number of hydrogen-bond acceptors (Lipinski definition) is 4. The third-order valence-corrected chi connectivity index (χ3v) is 4.26. The van der Waals surface area contributed by atoms with Gasteiger partial charge in [0.25, 0.3) is 0 Å². The summed E-state index contributed by atoms with van der Waals surface area (Å²) in [6, 6.07) is 12.5. The zero-order valence-electron chi connectivity index (χ0n) is 17.1. The summed E-state index contributed by atoms with van der Waals surface area (Å²) in [6.07, 6.45) is 0.942. The molecule has 0 aromatic heterocycles. The van der Waals surface area contributed by atoms with Crippen molar-refractivity contribution in [3.8, 4) is 5.75 Å². The lowest BCUT2D eigenvalue weighted by molar-refractivity contribution is -0.136. The lowest BCUT2D eigenvalue weighted by Gasteiger charge is -2.22. The number of rotatable bonds is 10. The van der Waals surface area contributed by atoms with Gasteiger partial charge >= 0.3 is 0 Å². The van der Waals surface area contributed by atoms with Gasteiger partial charge in [-0.15, -0.1) is 0 Å². The van der Waals surface area contributed by atoms with E-state index in [9.17, 15) is 18.8 Å². The maximum Gasteiger partial charge on any atom is 0.243 e. The van der Waals surface area contributed by atoms with Crippen LogP contribution in [0.15, 0.2) is 48.5 Å². The standard InChI is InChI=1S/C22H26FN3O4/c1-3-4-22(29)26(14-16-5-7-17(23)8-6-16)15-21(28)24-13-20(27)25-18-9-11-19(30-2)12-10-18/h5-12H,3-4,13-15H2,1-2H3,(H,24,28)(H,25,27). The molecule has 0 heterocycles. The molecule has 0 unspecified atom stereocenters. The maximum atomic E-state index is 13.1. The first kappa shape index (κ1) is 22.9. The van der Waals surface area contributed by atoms with Gasteiger partial charge in [0.05, 0.1) is 20.2 Å². The molecule has 2 aromatic carbocycles. The van der Waals surface area contributed by atoms with Crippen molar-refractivity contribution in [3.63, 3.8) is 0 Å². The van der Waals surface area contributed by atoms with E-state index in [1.165, 1.54) is 17.0 Å². The fourth-order valence-corrected chi connectivity index (χ4v) is 2.70. The van der Waals surface area contributed by atoms with Crippen LogP contribution in [-0.2, 0) is 20.9 Å². The zero-order chi connectivity index (χ0) is 21.9. The average Bonchev–Trinajstić information content (AvgIpc) is 2.74. The molecule has 0 spiro atoms. The molecule has 0 aliphatic rings. The monoisotopic (exact) mass is 415 g/mol. The molecule has 0 aliphatic heterocycles. The Morgan fingerprint density at radius 1 is 1.00 bits per heavy atom. The van der Waals surface area contributed by atoms with Gasteiger partial charge in [0.2, 0.25) is 17.7 Å². The first-order chi connectivity index (χ1) is 14.4. The fourth-order valence-electron chi connectivity index (χ4n) is 2.70. The molecule has 0 saturated heterocycles. The second-order valence-corrected chi connectivity index (χ2v) is 6.68. The molecule has 0 radical (unpaired) electrons. The van der Waals surface area contributed by atoms with E-state index in [2.05, 4.69) is 10.6 Å². The molecule has 7 nitrogen and oxygen atoms in total. The number of carbonyl (C=O) groups excluding carboxylic acids is 3. The van der Waals surface area contributed by atoms with Crippen LogP contribution in [0.4, 0.5) is 10.1 Å². The quantitative estimate of drug-likeness (QED) is 0.625. The first-order valence-corrected chi connectivity index (χ1v) is 9.64. The lowest BCUT2D eigenvalue weighted by Crippen LogP contribution is -2.42. The Kier molecular flexibility index (Phi) is 8.80. The highest BCUT2D eigenvalue weighted by atomic mass is 19.1. The molecule has 0 bridgehead atoms. The Bertz CT molecular complexity index is 854. The van der Waals surface area contributed by atoms with Crippen molar-refractivity contribution in [3.05, 3.63) is 59.9 Å². The molecule has 160 valence electrons. The molecular weight excluding hydrogens is 389 g/mol. The van der Waals surface area contributed by atoms with Gasteiger partial charge in [0, 0.05) is 18.7 Å². The Hall–Kier alpha value is -3.42.